The van der Waals surface area contributed by atoms with Crippen molar-refractivity contribution in [3.8, 4) is 39.5 Å². The zero-order valence-electron chi connectivity index (χ0n) is 19.4. The topological polar surface area (TPSA) is 63.3 Å². The molecule has 1 N–H and O–H groups in total. The molecule has 0 aliphatic rings. The molecule has 0 spiro atoms. The summed E-state index contributed by atoms with van der Waals surface area (Å²) in [4.78, 5) is 14.1. The first-order valence-corrected chi connectivity index (χ1v) is 11.7. The van der Waals surface area contributed by atoms with Gasteiger partial charge in [0.25, 0.3) is 0 Å². The second-order valence-electron chi connectivity index (χ2n) is 8.66. The molecule has 7 aromatic rings. The van der Waals surface area contributed by atoms with Crippen LogP contribution in [0.3, 0.4) is 0 Å². The van der Waals surface area contributed by atoms with Crippen LogP contribution < -0.4 is 0 Å². The number of nitrogens with zero attached hydrogens (tertiary/aromatic N) is 4. The Balaban J connectivity index is 0.00000252. The number of aromatic nitrogens is 4. The van der Waals surface area contributed by atoms with E-state index < -0.39 is 0 Å². The maximum Gasteiger partial charge on any atom is 0.138 e. The third kappa shape index (κ3) is 3.98. The van der Waals surface area contributed by atoms with E-state index in [1.54, 1.807) is 12.3 Å². The Bertz CT molecular complexity index is 1910. The standard InChI is InChI=1S/C31H19N4O.Pt/c36-30-18-22-14-15-31-34-27-10-1-2-13-28(27)35(31)29(22)19-23(30)26-12-6-11-25(33-26)21-8-5-7-20(17-21)24-9-3-4-16-32-24;/h1-16,18-19,36H;/q-1;. The molecule has 0 atom stereocenters. The van der Waals surface area contributed by atoms with E-state index in [1.807, 2.05) is 91.0 Å². The van der Waals surface area contributed by atoms with Gasteiger partial charge in [0.05, 0.1) is 22.2 Å². The molecule has 0 saturated carbocycles. The van der Waals surface area contributed by atoms with Crippen LogP contribution in [0.1, 0.15) is 0 Å². The number of rotatable bonds is 3. The van der Waals surface area contributed by atoms with Gasteiger partial charge in [-0.15, -0.1) is 24.3 Å². The summed E-state index contributed by atoms with van der Waals surface area (Å²) in [6.07, 6.45) is 1.78. The minimum atomic E-state index is 0. The number of phenolic OH excluding ortho intramolecular Hbond substituents is 1. The third-order valence-electron chi connectivity index (χ3n) is 6.42. The first kappa shape index (κ1) is 23.1. The number of para-hydroxylation sites is 2. The van der Waals surface area contributed by atoms with E-state index in [4.69, 9.17) is 9.97 Å². The molecule has 6 heteroatoms. The Labute approximate surface area is 227 Å². The molecule has 180 valence electrons. The fraction of sp³-hybridized carbons (Fsp3) is 0. The van der Waals surface area contributed by atoms with Gasteiger partial charge in [0.2, 0.25) is 0 Å². The van der Waals surface area contributed by atoms with Crippen LogP contribution in [-0.4, -0.2) is 24.5 Å². The van der Waals surface area contributed by atoms with Gasteiger partial charge in [0.15, 0.2) is 0 Å². The van der Waals surface area contributed by atoms with Crippen molar-refractivity contribution in [3.05, 3.63) is 115 Å². The number of hydrogen-bond donors (Lipinski definition) is 1. The molecule has 4 aromatic heterocycles. The number of hydrogen-bond acceptors (Lipinski definition) is 4. The van der Waals surface area contributed by atoms with E-state index >= 15 is 0 Å². The van der Waals surface area contributed by atoms with E-state index in [2.05, 4.69) is 21.5 Å². The van der Waals surface area contributed by atoms with Crippen molar-refractivity contribution in [2.75, 3.05) is 0 Å². The smallest absolute Gasteiger partial charge is 0.138 e. The first-order valence-electron chi connectivity index (χ1n) is 11.7. The van der Waals surface area contributed by atoms with Crippen LogP contribution in [-0.2, 0) is 21.1 Å². The minimum Gasteiger partial charge on any atom is -0.507 e. The molecule has 0 fully saturated rings. The van der Waals surface area contributed by atoms with Crippen LogP contribution in [0, 0.1) is 6.07 Å². The summed E-state index contributed by atoms with van der Waals surface area (Å²) >= 11 is 0. The summed E-state index contributed by atoms with van der Waals surface area (Å²) in [6.45, 7) is 0. The van der Waals surface area contributed by atoms with Gasteiger partial charge in [-0.05, 0) is 48.5 Å². The predicted octanol–water partition coefficient (Wildman–Crippen LogP) is 6.93. The Morgan fingerprint density at radius 1 is 0.649 bits per heavy atom. The monoisotopic (exact) mass is 658 g/mol. The summed E-state index contributed by atoms with van der Waals surface area (Å²) < 4.78 is 2.13. The van der Waals surface area contributed by atoms with Crippen molar-refractivity contribution in [1.29, 1.82) is 0 Å². The van der Waals surface area contributed by atoms with Crippen molar-refractivity contribution in [2.24, 2.45) is 0 Å². The van der Waals surface area contributed by atoms with Crippen molar-refractivity contribution < 1.29 is 26.2 Å². The molecule has 0 bridgehead atoms. The Kier molecular flexibility index (Phi) is 5.78. The predicted molar refractivity (Wildman–Crippen MR) is 143 cm³/mol. The number of phenols is 1. The molecule has 0 amide bonds. The Morgan fingerprint density at radius 3 is 2.27 bits per heavy atom. The van der Waals surface area contributed by atoms with Crippen molar-refractivity contribution >= 4 is 27.6 Å². The van der Waals surface area contributed by atoms with Crippen LogP contribution in [0.5, 0.6) is 5.75 Å². The van der Waals surface area contributed by atoms with E-state index in [0.717, 1.165) is 50.1 Å². The summed E-state index contributed by atoms with van der Waals surface area (Å²) in [6, 6.07) is 36.9. The average Bonchev–Trinajstić information content (AvgIpc) is 3.32. The zero-order valence-corrected chi connectivity index (χ0v) is 21.7. The molecule has 0 saturated heterocycles. The van der Waals surface area contributed by atoms with Crippen LogP contribution in [0.25, 0.3) is 61.4 Å². The maximum atomic E-state index is 11.0. The van der Waals surface area contributed by atoms with Crippen LogP contribution in [0.4, 0.5) is 0 Å². The van der Waals surface area contributed by atoms with Gasteiger partial charge in [0.1, 0.15) is 11.4 Å². The number of pyridine rings is 3. The summed E-state index contributed by atoms with van der Waals surface area (Å²) in [7, 11) is 0. The zero-order chi connectivity index (χ0) is 24.1. The SMILES string of the molecule is Oc1cc2ccc3nc4ccccc4n3c2cc1-c1cccc(-c2[c-]c(-c3ccccn3)ccc2)n1.[Pt]. The average molecular weight is 659 g/mol. The second kappa shape index (κ2) is 9.27. The van der Waals surface area contributed by atoms with Gasteiger partial charge in [-0.3, -0.25) is 14.4 Å². The second-order valence-corrected chi connectivity index (χ2v) is 8.66. The normalized spacial score (nSPS) is 11.1. The molecule has 7 rings (SSSR count). The largest absolute Gasteiger partial charge is 0.507 e. The van der Waals surface area contributed by atoms with Gasteiger partial charge in [0, 0.05) is 49.6 Å². The van der Waals surface area contributed by atoms with E-state index in [1.165, 1.54) is 0 Å². The Morgan fingerprint density at radius 2 is 1.41 bits per heavy atom. The number of benzene rings is 3. The molecule has 5 nitrogen and oxygen atoms in total. The molecule has 0 unspecified atom stereocenters. The number of fused-ring (bicyclic) bond motifs is 5. The van der Waals surface area contributed by atoms with Crippen LogP contribution >= 0.6 is 0 Å². The van der Waals surface area contributed by atoms with Crippen molar-refractivity contribution in [1.82, 2.24) is 19.4 Å². The van der Waals surface area contributed by atoms with E-state index in [-0.39, 0.29) is 26.8 Å². The minimum absolute atomic E-state index is 0. The molecule has 4 heterocycles. The van der Waals surface area contributed by atoms with Gasteiger partial charge < -0.3 is 5.11 Å². The molecular formula is C31H19N4OPt-. The van der Waals surface area contributed by atoms with Crippen molar-refractivity contribution in [2.45, 2.75) is 0 Å². The van der Waals surface area contributed by atoms with Gasteiger partial charge in [-0.1, -0.05) is 47.5 Å². The number of imidazole rings is 1. The summed E-state index contributed by atoms with van der Waals surface area (Å²) in [5, 5.41) is 11.9. The summed E-state index contributed by atoms with van der Waals surface area (Å²) in [5.41, 5.74) is 8.54. The van der Waals surface area contributed by atoms with E-state index in [0.29, 0.717) is 11.3 Å². The van der Waals surface area contributed by atoms with Crippen LogP contribution in [0.15, 0.2) is 109 Å². The molecule has 37 heavy (non-hydrogen) atoms. The van der Waals surface area contributed by atoms with Crippen LogP contribution in [0.2, 0.25) is 0 Å². The van der Waals surface area contributed by atoms with Gasteiger partial charge in [-0.2, -0.15) is 0 Å². The third-order valence-corrected chi connectivity index (χ3v) is 6.42. The molecule has 0 radical (unpaired) electrons. The fourth-order valence-electron chi connectivity index (χ4n) is 4.72. The molecular weight excluding hydrogens is 639 g/mol. The van der Waals surface area contributed by atoms with Gasteiger partial charge >= 0.3 is 0 Å². The van der Waals surface area contributed by atoms with Gasteiger partial charge in [-0.25, -0.2) is 4.98 Å². The van der Waals surface area contributed by atoms with Crippen molar-refractivity contribution in [3.63, 3.8) is 0 Å². The molecule has 3 aromatic carbocycles. The Hall–Kier alpha value is -4.34. The number of aromatic hydroxyl groups is 1. The van der Waals surface area contributed by atoms with E-state index in [9.17, 15) is 5.11 Å². The maximum absolute atomic E-state index is 11.0. The summed E-state index contributed by atoms with van der Waals surface area (Å²) in [5.74, 6) is 0.183. The molecule has 0 aliphatic carbocycles. The fourth-order valence-corrected chi connectivity index (χ4v) is 4.72. The quantitative estimate of drug-likeness (QED) is 0.209. The molecule has 0 aliphatic heterocycles. The first-order chi connectivity index (χ1) is 17.7.